The van der Waals surface area contributed by atoms with E-state index in [0.717, 1.165) is 16.9 Å². The minimum atomic E-state index is -0.943. The van der Waals surface area contributed by atoms with Crippen LogP contribution in [-0.4, -0.2) is 0 Å². The lowest BCUT2D eigenvalue weighted by Crippen LogP contribution is -1.97. The average molecular weight is 266 g/mol. The standard InChI is InChI=1S/C16H14N2O2/c1-12-3-2-4-15(9-12)20-11-13-5-7-14(8-6-13)16(10-17)18-19/h2-9,16H,11H2,1H3. The van der Waals surface area contributed by atoms with Crippen molar-refractivity contribution in [3.8, 4) is 11.8 Å². The maximum Gasteiger partial charge on any atom is 0.203 e. The fourth-order valence-electron chi connectivity index (χ4n) is 1.83. The zero-order valence-corrected chi connectivity index (χ0v) is 11.1. The highest BCUT2D eigenvalue weighted by Gasteiger charge is 2.09. The number of rotatable bonds is 5. The van der Waals surface area contributed by atoms with E-state index in [0.29, 0.717) is 12.2 Å². The monoisotopic (exact) mass is 266 g/mol. The molecule has 0 heterocycles. The largest absolute Gasteiger partial charge is 0.489 e. The van der Waals surface area contributed by atoms with Gasteiger partial charge in [-0.05, 0) is 40.9 Å². The summed E-state index contributed by atoms with van der Waals surface area (Å²) in [5.74, 6) is 0.818. The molecule has 1 unspecified atom stereocenters. The second kappa shape index (κ2) is 6.48. The lowest BCUT2D eigenvalue weighted by molar-refractivity contribution is 0.306. The molecule has 0 amide bonds. The van der Waals surface area contributed by atoms with E-state index < -0.39 is 6.04 Å². The summed E-state index contributed by atoms with van der Waals surface area (Å²) in [6, 6.07) is 15.8. The smallest absolute Gasteiger partial charge is 0.203 e. The second-order valence-electron chi connectivity index (χ2n) is 4.48. The molecular weight excluding hydrogens is 252 g/mol. The molecule has 0 aromatic heterocycles. The lowest BCUT2D eigenvalue weighted by atomic mass is 10.1. The molecular formula is C16H14N2O2. The molecule has 0 aliphatic carbocycles. The van der Waals surface area contributed by atoms with Crippen LogP contribution >= 0.6 is 0 Å². The number of nitriles is 1. The Kier molecular flexibility index (Phi) is 4.46. The van der Waals surface area contributed by atoms with Crippen LogP contribution in [0.2, 0.25) is 0 Å². The molecule has 2 aromatic carbocycles. The first-order valence-electron chi connectivity index (χ1n) is 6.23. The Morgan fingerprint density at radius 2 is 2.00 bits per heavy atom. The quantitative estimate of drug-likeness (QED) is 0.771. The van der Waals surface area contributed by atoms with Gasteiger partial charge in [0.1, 0.15) is 12.4 Å². The van der Waals surface area contributed by atoms with E-state index >= 15 is 0 Å². The van der Waals surface area contributed by atoms with Gasteiger partial charge in [0.15, 0.2) is 0 Å². The van der Waals surface area contributed by atoms with Crippen molar-refractivity contribution in [3.05, 3.63) is 70.1 Å². The molecule has 4 heteroatoms. The Hall–Kier alpha value is -2.67. The fourth-order valence-corrected chi connectivity index (χ4v) is 1.83. The van der Waals surface area contributed by atoms with Gasteiger partial charge in [0.05, 0.1) is 6.07 Å². The molecule has 0 fully saturated rings. The maximum absolute atomic E-state index is 10.5. The number of ether oxygens (including phenoxy) is 1. The van der Waals surface area contributed by atoms with Crippen molar-refractivity contribution >= 4 is 0 Å². The third kappa shape index (κ3) is 3.42. The highest BCUT2D eigenvalue weighted by molar-refractivity contribution is 5.30. The summed E-state index contributed by atoms with van der Waals surface area (Å²) in [6.07, 6.45) is 0. The normalized spacial score (nSPS) is 11.4. The van der Waals surface area contributed by atoms with Gasteiger partial charge in [-0.25, -0.2) is 0 Å². The molecule has 0 bridgehead atoms. The zero-order valence-electron chi connectivity index (χ0n) is 11.1. The van der Waals surface area contributed by atoms with Gasteiger partial charge in [-0.2, -0.15) is 5.26 Å². The first kappa shape index (κ1) is 13.8. The summed E-state index contributed by atoms with van der Waals surface area (Å²) in [7, 11) is 0. The first-order valence-corrected chi connectivity index (χ1v) is 6.23. The Bertz CT molecular complexity index is 630. The van der Waals surface area contributed by atoms with Gasteiger partial charge in [0.25, 0.3) is 0 Å². The molecule has 0 spiro atoms. The van der Waals surface area contributed by atoms with Gasteiger partial charge in [0, 0.05) is 0 Å². The average Bonchev–Trinajstić information content (AvgIpc) is 2.48. The van der Waals surface area contributed by atoms with Crippen molar-refractivity contribution in [2.45, 2.75) is 19.6 Å². The Morgan fingerprint density at radius 3 is 2.60 bits per heavy atom. The maximum atomic E-state index is 10.5. The van der Waals surface area contributed by atoms with Gasteiger partial charge < -0.3 is 4.74 Å². The van der Waals surface area contributed by atoms with Crippen molar-refractivity contribution in [2.75, 3.05) is 0 Å². The second-order valence-corrected chi connectivity index (χ2v) is 4.48. The molecule has 4 nitrogen and oxygen atoms in total. The van der Waals surface area contributed by atoms with E-state index in [2.05, 4.69) is 5.18 Å². The molecule has 2 rings (SSSR count). The van der Waals surface area contributed by atoms with Gasteiger partial charge in [-0.3, -0.25) is 0 Å². The Balaban J connectivity index is 2.01. The third-order valence-corrected chi connectivity index (χ3v) is 2.92. The van der Waals surface area contributed by atoms with E-state index in [-0.39, 0.29) is 0 Å². The Morgan fingerprint density at radius 1 is 1.25 bits per heavy atom. The van der Waals surface area contributed by atoms with Crippen molar-refractivity contribution in [3.63, 3.8) is 0 Å². The van der Waals surface area contributed by atoms with Crippen LogP contribution in [0.5, 0.6) is 5.75 Å². The molecule has 0 aliphatic heterocycles. The summed E-state index contributed by atoms with van der Waals surface area (Å²) in [6.45, 7) is 2.45. The van der Waals surface area contributed by atoms with E-state index in [9.17, 15) is 4.91 Å². The van der Waals surface area contributed by atoms with E-state index in [1.54, 1.807) is 12.1 Å². The van der Waals surface area contributed by atoms with Gasteiger partial charge in [0.2, 0.25) is 6.04 Å². The van der Waals surface area contributed by atoms with Gasteiger partial charge >= 0.3 is 0 Å². The van der Waals surface area contributed by atoms with Crippen LogP contribution in [0.4, 0.5) is 0 Å². The summed E-state index contributed by atoms with van der Waals surface area (Å²) in [5.41, 5.74) is 2.71. The van der Waals surface area contributed by atoms with E-state index in [1.165, 1.54) is 0 Å². The number of benzene rings is 2. The summed E-state index contributed by atoms with van der Waals surface area (Å²) >= 11 is 0. The van der Waals surface area contributed by atoms with Crippen molar-refractivity contribution in [1.82, 2.24) is 0 Å². The van der Waals surface area contributed by atoms with Crippen molar-refractivity contribution in [2.24, 2.45) is 5.18 Å². The van der Waals surface area contributed by atoms with Crippen LogP contribution in [0, 0.1) is 23.2 Å². The summed E-state index contributed by atoms with van der Waals surface area (Å²) in [5, 5.41) is 11.5. The Labute approximate surface area is 117 Å². The zero-order chi connectivity index (χ0) is 14.4. The molecule has 20 heavy (non-hydrogen) atoms. The van der Waals surface area contributed by atoms with E-state index in [1.807, 2.05) is 49.4 Å². The number of nitrogens with zero attached hydrogens (tertiary/aromatic N) is 2. The molecule has 0 radical (unpaired) electrons. The minimum Gasteiger partial charge on any atom is -0.489 e. The van der Waals surface area contributed by atoms with E-state index in [4.69, 9.17) is 10.00 Å². The fraction of sp³-hybridized carbons (Fsp3) is 0.188. The lowest BCUT2D eigenvalue weighted by Gasteiger charge is -2.08. The summed E-state index contributed by atoms with van der Waals surface area (Å²) < 4.78 is 5.68. The van der Waals surface area contributed by atoms with Gasteiger partial charge in [-0.15, -0.1) is 4.91 Å². The van der Waals surface area contributed by atoms with Crippen LogP contribution in [-0.2, 0) is 6.61 Å². The summed E-state index contributed by atoms with van der Waals surface area (Å²) in [4.78, 5) is 10.5. The predicted molar refractivity (Wildman–Crippen MR) is 76.1 cm³/mol. The van der Waals surface area contributed by atoms with Crippen molar-refractivity contribution < 1.29 is 4.74 Å². The number of nitroso groups, excluding NO2 is 1. The number of hydrogen-bond acceptors (Lipinski definition) is 4. The molecule has 2 aromatic rings. The first-order chi connectivity index (χ1) is 9.72. The minimum absolute atomic E-state index is 0.440. The SMILES string of the molecule is Cc1cccc(OCc2ccc(C(C#N)N=O)cc2)c1. The topological polar surface area (TPSA) is 62.4 Å². The molecule has 0 saturated carbocycles. The molecule has 100 valence electrons. The van der Waals surface area contributed by atoms with Crippen molar-refractivity contribution in [1.29, 1.82) is 5.26 Å². The highest BCUT2D eigenvalue weighted by atomic mass is 16.5. The number of aryl methyl sites for hydroxylation is 1. The van der Waals surface area contributed by atoms with Crippen LogP contribution in [0.3, 0.4) is 0 Å². The van der Waals surface area contributed by atoms with Crippen LogP contribution < -0.4 is 4.74 Å². The molecule has 0 saturated heterocycles. The number of hydrogen-bond donors (Lipinski definition) is 0. The van der Waals surface area contributed by atoms with Crippen LogP contribution in [0.1, 0.15) is 22.7 Å². The van der Waals surface area contributed by atoms with Crippen LogP contribution in [0.15, 0.2) is 53.7 Å². The molecule has 0 N–H and O–H groups in total. The molecule has 0 aliphatic rings. The predicted octanol–water partition coefficient (Wildman–Crippen LogP) is 3.91. The van der Waals surface area contributed by atoms with Crippen LogP contribution in [0.25, 0.3) is 0 Å². The third-order valence-electron chi connectivity index (χ3n) is 2.92. The highest BCUT2D eigenvalue weighted by Crippen LogP contribution is 2.18. The van der Waals surface area contributed by atoms with Gasteiger partial charge in [-0.1, -0.05) is 36.4 Å². The molecule has 1 atom stereocenters.